The number of hydrogen-bond donors (Lipinski definition) is 1. The standard InChI is InChI=1S/C28H35N5O3S2/c1-17-12-19(6-7-20(17)14-33-15-23(26(29)34)37-27(33)28(2,3)4)24-25-21(30-16-31-24)13-22(32(25)5)18-8-10-38(35,36)11-9-18/h6-7,12-13,15-16,18,27H,8-11,14H2,1-5H3,(H2,29,34). The van der Waals surface area contributed by atoms with Crippen LogP contribution in [-0.2, 0) is 28.2 Å². The fraction of sp³-hybridized carbons (Fsp3) is 0.464. The first-order valence-corrected chi connectivity index (χ1v) is 15.6. The third kappa shape index (κ3) is 5.08. The Morgan fingerprint density at radius 3 is 2.50 bits per heavy atom. The Morgan fingerprint density at radius 2 is 1.87 bits per heavy atom. The molecule has 0 radical (unpaired) electrons. The van der Waals surface area contributed by atoms with Crippen LogP contribution in [0.3, 0.4) is 0 Å². The SMILES string of the molecule is Cc1cc(-c2ncnc3cc(C4CCS(=O)(=O)CC4)n(C)c23)ccc1CN1C=C(C(N)=O)SC1C(C)(C)C. The van der Waals surface area contributed by atoms with Gasteiger partial charge in [0.1, 0.15) is 16.2 Å². The van der Waals surface area contributed by atoms with Crippen molar-refractivity contribution in [1.82, 2.24) is 19.4 Å². The van der Waals surface area contributed by atoms with Gasteiger partial charge in [-0.1, -0.05) is 44.7 Å². The number of benzene rings is 1. The Balaban J connectivity index is 1.46. The normalized spacial score (nSPS) is 20.2. The van der Waals surface area contributed by atoms with Gasteiger partial charge < -0.3 is 15.2 Å². The zero-order valence-corrected chi connectivity index (χ0v) is 24.2. The number of carbonyl (C=O) groups is 1. The highest BCUT2D eigenvalue weighted by Gasteiger charge is 2.36. The summed E-state index contributed by atoms with van der Waals surface area (Å²) in [6.45, 7) is 9.30. The Hall–Kier alpha value is -2.85. The number of sulfone groups is 1. The molecule has 0 aliphatic carbocycles. The number of aromatic nitrogens is 3. The van der Waals surface area contributed by atoms with Gasteiger partial charge in [0.25, 0.3) is 5.91 Å². The predicted octanol–water partition coefficient (Wildman–Crippen LogP) is 4.48. The molecule has 1 unspecified atom stereocenters. The van der Waals surface area contributed by atoms with E-state index in [0.29, 0.717) is 24.3 Å². The van der Waals surface area contributed by atoms with Crippen molar-refractivity contribution in [2.75, 3.05) is 11.5 Å². The monoisotopic (exact) mass is 553 g/mol. The molecule has 0 bridgehead atoms. The molecule has 0 saturated carbocycles. The van der Waals surface area contributed by atoms with Gasteiger partial charge in [0.15, 0.2) is 0 Å². The molecule has 2 aliphatic rings. The first-order chi connectivity index (χ1) is 17.8. The molecule has 2 N–H and O–H groups in total. The average molecular weight is 554 g/mol. The minimum absolute atomic E-state index is 0.0362. The molecule has 202 valence electrons. The van der Waals surface area contributed by atoms with Crippen LogP contribution in [0.2, 0.25) is 0 Å². The molecule has 1 amide bonds. The minimum atomic E-state index is -2.92. The summed E-state index contributed by atoms with van der Waals surface area (Å²) in [4.78, 5) is 23.9. The first kappa shape index (κ1) is 26.7. The van der Waals surface area contributed by atoms with E-state index >= 15 is 0 Å². The molecule has 8 nitrogen and oxygen atoms in total. The highest BCUT2D eigenvalue weighted by Crippen LogP contribution is 2.43. The van der Waals surface area contributed by atoms with Gasteiger partial charge in [0.05, 0.1) is 38.5 Å². The lowest BCUT2D eigenvalue weighted by Crippen LogP contribution is -2.35. The van der Waals surface area contributed by atoms with Gasteiger partial charge in [0.2, 0.25) is 0 Å². The summed E-state index contributed by atoms with van der Waals surface area (Å²) in [5.74, 6) is 0.283. The fourth-order valence-corrected chi connectivity index (χ4v) is 8.23. The molecular formula is C28H35N5O3S2. The van der Waals surface area contributed by atoms with Crippen LogP contribution in [0.4, 0.5) is 0 Å². The second-order valence-electron chi connectivity index (χ2n) is 11.5. The minimum Gasteiger partial charge on any atom is -0.365 e. The van der Waals surface area contributed by atoms with Gasteiger partial charge in [-0.05, 0) is 48.4 Å². The Morgan fingerprint density at radius 1 is 1.16 bits per heavy atom. The summed E-state index contributed by atoms with van der Waals surface area (Å²) in [6.07, 6.45) is 4.77. The van der Waals surface area contributed by atoms with E-state index in [1.807, 2.05) is 13.2 Å². The van der Waals surface area contributed by atoms with Crippen molar-refractivity contribution >= 4 is 38.5 Å². The molecule has 1 aromatic carbocycles. The van der Waals surface area contributed by atoms with E-state index in [2.05, 4.69) is 71.4 Å². The van der Waals surface area contributed by atoms with Gasteiger partial charge >= 0.3 is 0 Å². The van der Waals surface area contributed by atoms with Gasteiger partial charge in [-0.25, -0.2) is 18.4 Å². The van der Waals surface area contributed by atoms with Crippen molar-refractivity contribution in [1.29, 1.82) is 0 Å². The quantitative estimate of drug-likeness (QED) is 0.496. The van der Waals surface area contributed by atoms with E-state index in [1.165, 1.54) is 17.3 Å². The Kier molecular flexibility index (Phi) is 6.84. The zero-order chi connectivity index (χ0) is 27.4. The maximum absolute atomic E-state index is 11.9. The molecule has 38 heavy (non-hydrogen) atoms. The first-order valence-electron chi connectivity index (χ1n) is 12.9. The lowest BCUT2D eigenvalue weighted by Gasteiger charge is -2.35. The Bertz CT molecular complexity index is 1540. The van der Waals surface area contributed by atoms with Crippen LogP contribution >= 0.6 is 11.8 Å². The van der Waals surface area contributed by atoms with Crippen molar-refractivity contribution in [2.45, 2.75) is 58.4 Å². The van der Waals surface area contributed by atoms with E-state index in [1.54, 1.807) is 6.33 Å². The number of rotatable bonds is 5. The summed E-state index contributed by atoms with van der Waals surface area (Å²) in [6, 6.07) is 8.47. The molecule has 1 fully saturated rings. The topological polar surface area (TPSA) is 111 Å². The van der Waals surface area contributed by atoms with Gasteiger partial charge in [0, 0.05) is 37.0 Å². The third-order valence-corrected chi connectivity index (χ3v) is 11.1. The number of fused-ring (bicyclic) bond motifs is 1. The molecule has 10 heteroatoms. The zero-order valence-electron chi connectivity index (χ0n) is 22.6. The van der Waals surface area contributed by atoms with Crippen molar-refractivity contribution < 1.29 is 13.2 Å². The van der Waals surface area contributed by atoms with Crippen LogP contribution in [0.25, 0.3) is 22.3 Å². The molecule has 2 aromatic heterocycles. The summed E-state index contributed by atoms with van der Waals surface area (Å²) >= 11 is 1.54. The van der Waals surface area contributed by atoms with Crippen LogP contribution in [0.15, 0.2) is 41.7 Å². The van der Waals surface area contributed by atoms with E-state index in [0.717, 1.165) is 33.5 Å². The number of primary amides is 1. The summed E-state index contributed by atoms with van der Waals surface area (Å²) in [5, 5.41) is 0.113. The van der Waals surface area contributed by atoms with Gasteiger partial charge in [-0.2, -0.15) is 0 Å². The maximum Gasteiger partial charge on any atom is 0.256 e. The van der Waals surface area contributed by atoms with Crippen LogP contribution in [0.1, 0.15) is 56.4 Å². The number of carbonyl (C=O) groups excluding carboxylic acids is 1. The summed E-state index contributed by atoms with van der Waals surface area (Å²) < 4.78 is 26.0. The second-order valence-corrected chi connectivity index (χ2v) is 14.9. The van der Waals surface area contributed by atoms with Crippen molar-refractivity contribution in [3.05, 3.63) is 58.5 Å². The maximum atomic E-state index is 11.9. The molecular weight excluding hydrogens is 518 g/mol. The number of amides is 1. The molecule has 2 aliphatic heterocycles. The van der Waals surface area contributed by atoms with E-state index in [9.17, 15) is 13.2 Å². The molecule has 0 spiro atoms. The smallest absolute Gasteiger partial charge is 0.256 e. The van der Waals surface area contributed by atoms with Gasteiger partial charge in [-0.3, -0.25) is 4.79 Å². The van der Waals surface area contributed by atoms with E-state index in [4.69, 9.17) is 5.73 Å². The summed E-state index contributed by atoms with van der Waals surface area (Å²) in [5.41, 5.74) is 12.7. The molecule has 1 saturated heterocycles. The van der Waals surface area contributed by atoms with Crippen molar-refractivity contribution in [2.24, 2.45) is 18.2 Å². The lowest BCUT2D eigenvalue weighted by molar-refractivity contribution is -0.113. The lowest BCUT2D eigenvalue weighted by atomic mass is 9.95. The second kappa shape index (κ2) is 9.72. The highest BCUT2D eigenvalue weighted by atomic mass is 32.2. The molecule has 4 heterocycles. The average Bonchev–Trinajstić information content (AvgIpc) is 3.42. The number of nitrogens with zero attached hydrogens (tertiary/aromatic N) is 4. The van der Waals surface area contributed by atoms with Crippen molar-refractivity contribution in [3.8, 4) is 11.3 Å². The van der Waals surface area contributed by atoms with Crippen LogP contribution in [0, 0.1) is 12.3 Å². The number of hydrogen-bond acceptors (Lipinski definition) is 7. The Labute approximate surface area is 228 Å². The van der Waals surface area contributed by atoms with Crippen molar-refractivity contribution in [3.63, 3.8) is 0 Å². The molecule has 5 rings (SSSR count). The number of aryl methyl sites for hydroxylation is 2. The number of thioether (sulfide) groups is 1. The third-order valence-electron chi connectivity index (χ3n) is 7.61. The van der Waals surface area contributed by atoms with Crippen LogP contribution in [0.5, 0.6) is 0 Å². The largest absolute Gasteiger partial charge is 0.365 e. The predicted molar refractivity (Wildman–Crippen MR) is 153 cm³/mol. The van der Waals surface area contributed by atoms with Crippen LogP contribution < -0.4 is 5.73 Å². The highest BCUT2D eigenvalue weighted by molar-refractivity contribution is 8.04. The van der Waals surface area contributed by atoms with Gasteiger partial charge in [-0.15, -0.1) is 0 Å². The van der Waals surface area contributed by atoms with Crippen LogP contribution in [-0.4, -0.2) is 50.6 Å². The molecule has 3 aromatic rings. The van der Waals surface area contributed by atoms with E-state index in [-0.39, 0.29) is 34.1 Å². The number of nitrogens with two attached hydrogens (primary N) is 1. The fourth-order valence-electron chi connectivity index (χ4n) is 5.56. The van der Waals surface area contributed by atoms with E-state index < -0.39 is 9.84 Å². The molecule has 1 atom stereocenters. The summed E-state index contributed by atoms with van der Waals surface area (Å²) in [7, 11) is -0.900.